The fourth-order valence-electron chi connectivity index (χ4n) is 3.49. The number of hydrogen-bond donors (Lipinski definition) is 2. The van der Waals surface area contributed by atoms with Gasteiger partial charge in [0.2, 0.25) is 0 Å². The molecule has 0 unspecified atom stereocenters. The summed E-state index contributed by atoms with van der Waals surface area (Å²) in [6, 6.07) is 14.0. The lowest BCUT2D eigenvalue weighted by Gasteiger charge is -2.12. The van der Waals surface area contributed by atoms with Crippen LogP contribution in [0.2, 0.25) is 0 Å². The van der Waals surface area contributed by atoms with E-state index in [-0.39, 0.29) is 11.8 Å². The molecule has 7 nitrogen and oxygen atoms in total. The van der Waals surface area contributed by atoms with Gasteiger partial charge >= 0.3 is 5.91 Å². The Morgan fingerprint density at radius 1 is 1.14 bits per heavy atom. The largest absolute Gasteiger partial charge is 0.432 e. The van der Waals surface area contributed by atoms with Crippen LogP contribution in [0.5, 0.6) is 0 Å². The van der Waals surface area contributed by atoms with Crippen molar-refractivity contribution >= 4 is 16.9 Å². The first-order valence-electron chi connectivity index (χ1n) is 9.15. The third kappa shape index (κ3) is 2.95. The molecular weight excluding hydrogens is 356 g/mol. The highest BCUT2D eigenvalue weighted by molar-refractivity contribution is 5.91. The number of β-amino-alcohol motifs (C(OH)–C–C–N with tert-alkyl or cyclic N) is 1. The maximum Gasteiger partial charge on any atom is 0.309 e. The van der Waals surface area contributed by atoms with Gasteiger partial charge in [-0.3, -0.25) is 4.79 Å². The molecule has 1 aromatic carbocycles. The molecule has 1 aliphatic heterocycles. The number of oxazole rings is 1. The molecule has 4 aromatic rings. The SMILES string of the molecule is O=C(c1ncc(-c2cnc3[nH]c(-c4ccccc4)cc3c2)o1)N1CC[C@H](O)C1. The van der Waals surface area contributed by atoms with E-state index >= 15 is 0 Å². The highest BCUT2D eigenvalue weighted by atomic mass is 16.4. The van der Waals surface area contributed by atoms with E-state index in [1.165, 1.54) is 6.20 Å². The van der Waals surface area contributed by atoms with Crippen molar-refractivity contribution in [3.05, 3.63) is 60.7 Å². The third-order valence-electron chi connectivity index (χ3n) is 4.98. The van der Waals surface area contributed by atoms with Crippen LogP contribution >= 0.6 is 0 Å². The zero-order valence-electron chi connectivity index (χ0n) is 15.0. The van der Waals surface area contributed by atoms with Crippen LogP contribution in [0.1, 0.15) is 17.1 Å². The Balaban J connectivity index is 1.43. The van der Waals surface area contributed by atoms with Gasteiger partial charge in [-0.1, -0.05) is 30.3 Å². The minimum absolute atomic E-state index is 0.0308. The molecule has 0 bridgehead atoms. The Bertz CT molecular complexity index is 1150. The van der Waals surface area contributed by atoms with E-state index in [4.69, 9.17) is 4.42 Å². The molecule has 4 heterocycles. The van der Waals surface area contributed by atoms with E-state index in [1.54, 1.807) is 11.1 Å². The molecule has 5 rings (SSSR count). The van der Waals surface area contributed by atoms with E-state index < -0.39 is 6.10 Å². The van der Waals surface area contributed by atoms with Crippen LogP contribution in [0.25, 0.3) is 33.6 Å². The van der Waals surface area contributed by atoms with Gasteiger partial charge in [0.25, 0.3) is 5.89 Å². The molecule has 3 aromatic heterocycles. The Morgan fingerprint density at radius 2 is 2.00 bits per heavy atom. The summed E-state index contributed by atoms with van der Waals surface area (Å²) < 4.78 is 5.69. The summed E-state index contributed by atoms with van der Waals surface area (Å²) in [5.41, 5.74) is 3.60. The van der Waals surface area contributed by atoms with Crippen molar-refractivity contribution < 1.29 is 14.3 Å². The summed E-state index contributed by atoms with van der Waals surface area (Å²) in [5.74, 6) is 0.216. The number of hydrogen-bond acceptors (Lipinski definition) is 5. The zero-order chi connectivity index (χ0) is 19.1. The second kappa shape index (κ2) is 6.61. The molecule has 0 aliphatic carbocycles. The van der Waals surface area contributed by atoms with Crippen molar-refractivity contribution in [1.29, 1.82) is 0 Å². The predicted octanol–water partition coefficient (Wildman–Crippen LogP) is 3.09. The van der Waals surface area contributed by atoms with E-state index in [9.17, 15) is 9.90 Å². The molecule has 7 heteroatoms. The molecule has 28 heavy (non-hydrogen) atoms. The molecule has 1 aliphatic rings. The van der Waals surface area contributed by atoms with Crippen molar-refractivity contribution in [3.63, 3.8) is 0 Å². The summed E-state index contributed by atoms with van der Waals surface area (Å²) in [4.78, 5) is 25.9. The lowest BCUT2D eigenvalue weighted by atomic mass is 10.1. The van der Waals surface area contributed by atoms with Crippen LogP contribution in [-0.4, -0.2) is 50.1 Å². The topological polar surface area (TPSA) is 95.2 Å². The first-order valence-corrected chi connectivity index (χ1v) is 9.15. The smallest absolute Gasteiger partial charge is 0.309 e. The Labute approximate surface area is 160 Å². The van der Waals surface area contributed by atoms with E-state index in [0.717, 1.165) is 27.9 Å². The number of carbonyl (C=O) groups is 1. The van der Waals surface area contributed by atoms with Crippen molar-refractivity contribution in [1.82, 2.24) is 19.9 Å². The number of aromatic amines is 1. The Kier molecular flexibility index (Phi) is 3.95. The lowest BCUT2D eigenvalue weighted by Crippen LogP contribution is -2.29. The standard InChI is InChI=1S/C21H18N4O3/c26-16-6-7-25(12-16)21(27)20-23-11-18(28-20)15-8-14-9-17(24-19(14)22-10-15)13-4-2-1-3-5-13/h1-5,8-11,16,26H,6-7,12H2,(H,22,24)/t16-/m0/s1. The van der Waals surface area contributed by atoms with E-state index in [2.05, 4.69) is 15.0 Å². The highest BCUT2D eigenvalue weighted by Gasteiger charge is 2.28. The van der Waals surface area contributed by atoms with Gasteiger partial charge in [-0.05, 0) is 24.1 Å². The Morgan fingerprint density at radius 3 is 2.79 bits per heavy atom. The third-order valence-corrected chi connectivity index (χ3v) is 4.98. The number of rotatable bonds is 3. The zero-order valence-corrected chi connectivity index (χ0v) is 15.0. The van der Waals surface area contributed by atoms with Crippen molar-refractivity contribution in [2.45, 2.75) is 12.5 Å². The van der Waals surface area contributed by atoms with Crippen molar-refractivity contribution in [2.75, 3.05) is 13.1 Å². The average molecular weight is 374 g/mol. The van der Waals surface area contributed by atoms with E-state index in [1.807, 2.05) is 42.5 Å². The molecule has 0 spiro atoms. The van der Waals surface area contributed by atoms with Gasteiger partial charge in [-0.25, -0.2) is 9.97 Å². The van der Waals surface area contributed by atoms with E-state index in [0.29, 0.717) is 25.3 Å². The molecular formula is C21H18N4O3. The number of likely N-dealkylation sites (tertiary alicyclic amines) is 1. The van der Waals surface area contributed by atoms with Crippen LogP contribution < -0.4 is 0 Å². The molecule has 140 valence electrons. The van der Waals surface area contributed by atoms with Crippen LogP contribution in [-0.2, 0) is 0 Å². The second-order valence-corrected chi connectivity index (χ2v) is 6.93. The summed E-state index contributed by atoms with van der Waals surface area (Å²) in [6.45, 7) is 0.826. The van der Waals surface area contributed by atoms with Gasteiger partial charge in [0.15, 0.2) is 5.76 Å². The molecule has 1 saturated heterocycles. The summed E-state index contributed by atoms with van der Waals surface area (Å²) in [7, 11) is 0. The number of pyridine rings is 1. The number of H-pyrrole nitrogens is 1. The molecule has 1 amide bonds. The van der Waals surface area contributed by atoms with Crippen molar-refractivity contribution in [3.8, 4) is 22.6 Å². The van der Waals surface area contributed by atoms with Crippen LogP contribution in [0.4, 0.5) is 0 Å². The van der Waals surface area contributed by atoms with Gasteiger partial charge in [0.1, 0.15) is 5.65 Å². The first-order chi connectivity index (χ1) is 13.7. The first kappa shape index (κ1) is 16.7. The fraction of sp³-hybridized carbons (Fsp3) is 0.190. The predicted molar refractivity (Wildman–Crippen MR) is 104 cm³/mol. The van der Waals surface area contributed by atoms with Gasteiger partial charge in [-0.15, -0.1) is 0 Å². The van der Waals surface area contributed by atoms with Gasteiger partial charge in [0.05, 0.1) is 12.3 Å². The number of nitrogens with one attached hydrogen (secondary N) is 1. The molecule has 1 fully saturated rings. The number of amides is 1. The van der Waals surface area contributed by atoms with Gasteiger partial charge < -0.3 is 19.4 Å². The van der Waals surface area contributed by atoms with Crippen molar-refractivity contribution in [2.24, 2.45) is 0 Å². The molecule has 0 radical (unpaired) electrons. The van der Waals surface area contributed by atoms with Crippen LogP contribution in [0.15, 0.2) is 59.3 Å². The van der Waals surface area contributed by atoms with Gasteiger partial charge in [-0.2, -0.15) is 0 Å². The molecule has 2 N–H and O–H groups in total. The minimum atomic E-state index is -0.475. The van der Waals surface area contributed by atoms with Crippen LogP contribution in [0, 0.1) is 0 Å². The number of fused-ring (bicyclic) bond motifs is 1. The number of nitrogens with zero attached hydrogens (tertiary/aromatic N) is 3. The number of aliphatic hydroxyl groups excluding tert-OH is 1. The normalized spacial score (nSPS) is 16.8. The quantitative estimate of drug-likeness (QED) is 0.575. The maximum atomic E-state index is 12.4. The minimum Gasteiger partial charge on any atom is -0.432 e. The molecule has 0 saturated carbocycles. The fourth-order valence-corrected chi connectivity index (χ4v) is 3.49. The monoisotopic (exact) mass is 374 g/mol. The van der Waals surface area contributed by atoms with Gasteiger partial charge in [0, 0.05) is 35.9 Å². The lowest BCUT2D eigenvalue weighted by molar-refractivity contribution is 0.0727. The number of benzene rings is 1. The Hall–Kier alpha value is -3.45. The number of aromatic nitrogens is 3. The maximum absolute atomic E-state index is 12.4. The summed E-state index contributed by atoms with van der Waals surface area (Å²) in [6.07, 6.45) is 3.34. The average Bonchev–Trinajstić information content (AvgIpc) is 3.46. The second-order valence-electron chi connectivity index (χ2n) is 6.93. The van der Waals surface area contributed by atoms with Crippen LogP contribution in [0.3, 0.4) is 0 Å². The summed E-state index contributed by atoms with van der Waals surface area (Å²) >= 11 is 0. The number of aliphatic hydroxyl groups is 1. The molecule has 1 atom stereocenters. The highest BCUT2D eigenvalue weighted by Crippen LogP contribution is 2.27. The number of carbonyl (C=O) groups excluding carboxylic acids is 1. The summed E-state index contributed by atoms with van der Waals surface area (Å²) in [5, 5.41) is 10.6.